The first kappa shape index (κ1) is 26.3. The van der Waals surface area contributed by atoms with Crippen molar-refractivity contribution in [2.75, 3.05) is 25.7 Å². The Morgan fingerprint density at radius 3 is 1.76 bits per heavy atom. The molecule has 0 bridgehead atoms. The van der Waals surface area contributed by atoms with Crippen LogP contribution in [0.25, 0.3) is 0 Å². The molecule has 11 heteroatoms. The lowest BCUT2D eigenvalue weighted by molar-refractivity contribution is -0.119. The van der Waals surface area contributed by atoms with Gasteiger partial charge >= 0.3 is 0 Å². The molecule has 9 nitrogen and oxygen atoms in total. The summed E-state index contributed by atoms with van der Waals surface area (Å²) in [5.41, 5.74) is 1.69. The molecule has 2 aromatic rings. The van der Waals surface area contributed by atoms with Crippen molar-refractivity contribution in [3.8, 4) is 0 Å². The number of aliphatic hydroxyl groups excluding tert-OH is 1. The first-order valence-corrected chi connectivity index (χ1v) is 14.5. The molecule has 2 N–H and O–H groups in total. The number of carbonyl (C=O) groups excluding carboxylic acids is 1. The van der Waals surface area contributed by atoms with Crippen LogP contribution in [0.1, 0.15) is 18.1 Å². The summed E-state index contributed by atoms with van der Waals surface area (Å²) in [4.78, 5) is 13.7. The van der Waals surface area contributed by atoms with Crippen molar-refractivity contribution in [3.63, 3.8) is 0 Å². The molecule has 1 heterocycles. The third-order valence-corrected chi connectivity index (χ3v) is 8.01. The highest BCUT2D eigenvalue weighted by atomic mass is 32.2. The van der Waals surface area contributed by atoms with Crippen molar-refractivity contribution in [2.24, 2.45) is 0 Å². The van der Waals surface area contributed by atoms with E-state index in [1.165, 1.54) is 6.92 Å². The summed E-state index contributed by atoms with van der Waals surface area (Å²) in [6.45, 7) is 2.62. The molecule has 1 amide bonds. The zero-order chi connectivity index (χ0) is 25.1. The van der Waals surface area contributed by atoms with Gasteiger partial charge in [-0.2, -0.15) is 0 Å². The van der Waals surface area contributed by atoms with E-state index in [0.29, 0.717) is 13.1 Å². The normalized spacial score (nSPS) is 21.0. The van der Waals surface area contributed by atoms with E-state index in [9.17, 15) is 26.7 Å². The maximum atomic E-state index is 11.8. The van der Waals surface area contributed by atoms with Gasteiger partial charge in [0.2, 0.25) is 5.91 Å². The molecule has 1 saturated heterocycles. The Morgan fingerprint density at radius 2 is 1.38 bits per heavy atom. The van der Waals surface area contributed by atoms with Gasteiger partial charge in [-0.1, -0.05) is 24.3 Å². The number of hydrogen-bond acceptors (Lipinski definition) is 8. The zero-order valence-electron chi connectivity index (χ0n) is 19.3. The van der Waals surface area contributed by atoms with Crippen LogP contribution in [0.15, 0.2) is 58.3 Å². The standard InChI is InChI=1S/C23H30N2O7S2/c1-16(26)24-12-22-23(27)21(15-32-22)25(13-17-4-8-19(9-5-17)33(2,28)29)14-18-6-10-20(11-7-18)34(3,30)31/h4-11,21-23,27H,12-15H2,1-3H3,(H,24,26)/t21-,22-,23+/m1/s1. The van der Waals surface area contributed by atoms with Gasteiger partial charge in [0.05, 0.1) is 28.5 Å². The average molecular weight is 511 g/mol. The van der Waals surface area contributed by atoms with E-state index in [4.69, 9.17) is 4.74 Å². The second-order valence-corrected chi connectivity index (χ2v) is 12.6. The molecule has 1 aliphatic rings. The lowest BCUT2D eigenvalue weighted by Gasteiger charge is -2.31. The third-order valence-electron chi connectivity index (χ3n) is 5.75. The number of hydrogen-bond donors (Lipinski definition) is 2. The minimum atomic E-state index is -3.32. The van der Waals surface area contributed by atoms with Crippen molar-refractivity contribution < 1.29 is 31.5 Å². The van der Waals surface area contributed by atoms with Gasteiger partial charge < -0.3 is 15.2 Å². The number of sulfone groups is 2. The lowest BCUT2D eigenvalue weighted by Crippen LogP contribution is -2.46. The van der Waals surface area contributed by atoms with E-state index in [1.807, 2.05) is 4.90 Å². The summed E-state index contributed by atoms with van der Waals surface area (Å²) in [6, 6.07) is 12.7. The predicted octanol–water partition coefficient (Wildman–Crippen LogP) is 0.760. The van der Waals surface area contributed by atoms with Gasteiger partial charge in [-0.3, -0.25) is 9.69 Å². The summed E-state index contributed by atoms with van der Waals surface area (Å²) in [6.07, 6.45) is 0.875. The van der Waals surface area contributed by atoms with Crippen LogP contribution in [-0.4, -0.2) is 76.7 Å². The fraction of sp³-hybridized carbons (Fsp3) is 0.435. The number of amides is 1. The molecule has 0 radical (unpaired) electrons. The molecule has 2 aromatic carbocycles. The van der Waals surface area contributed by atoms with Crippen LogP contribution < -0.4 is 5.32 Å². The van der Waals surface area contributed by atoms with Gasteiger partial charge in [-0.05, 0) is 35.4 Å². The summed E-state index contributed by atoms with van der Waals surface area (Å²) in [7, 11) is -6.63. The number of carbonyl (C=O) groups is 1. The van der Waals surface area contributed by atoms with Crippen molar-refractivity contribution in [2.45, 2.75) is 48.1 Å². The quantitative estimate of drug-likeness (QED) is 0.506. The topological polar surface area (TPSA) is 130 Å². The molecule has 1 aliphatic heterocycles. The number of rotatable bonds is 9. The summed E-state index contributed by atoms with van der Waals surface area (Å²) in [5, 5.41) is 13.6. The molecule has 3 atom stereocenters. The Kier molecular flexibility index (Phi) is 8.14. The van der Waals surface area contributed by atoms with E-state index in [-0.39, 0.29) is 34.9 Å². The molecule has 3 rings (SSSR count). The maximum Gasteiger partial charge on any atom is 0.216 e. The Morgan fingerprint density at radius 1 is 0.941 bits per heavy atom. The van der Waals surface area contributed by atoms with Gasteiger partial charge in [0.1, 0.15) is 6.10 Å². The Hall–Kier alpha value is -2.31. The van der Waals surface area contributed by atoms with E-state index in [1.54, 1.807) is 48.5 Å². The largest absolute Gasteiger partial charge is 0.389 e. The molecule has 186 valence electrons. The van der Waals surface area contributed by atoms with Crippen LogP contribution in [0.5, 0.6) is 0 Å². The second-order valence-electron chi connectivity index (χ2n) is 8.60. The molecule has 34 heavy (non-hydrogen) atoms. The SMILES string of the molecule is CC(=O)NC[C@H]1OC[C@@H](N(Cc2ccc(S(C)(=O)=O)cc2)Cc2ccc(S(C)(=O)=O)cc2)[C@@H]1O. The average Bonchev–Trinajstić information content (AvgIpc) is 3.11. The van der Waals surface area contributed by atoms with Crippen molar-refractivity contribution in [3.05, 3.63) is 59.7 Å². The van der Waals surface area contributed by atoms with E-state index in [2.05, 4.69) is 5.32 Å². The van der Waals surface area contributed by atoms with Gasteiger partial charge in [-0.15, -0.1) is 0 Å². The summed E-state index contributed by atoms with van der Waals surface area (Å²) < 4.78 is 52.8. The van der Waals surface area contributed by atoms with Crippen LogP contribution >= 0.6 is 0 Å². The van der Waals surface area contributed by atoms with E-state index < -0.39 is 31.9 Å². The molecule has 0 saturated carbocycles. The predicted molar refractivity (Wildman–Crippen MR) is 127 cm³/mol. The molecule has 0 aliphatic carbocycles. The molecule has 0 spiro atoms. The molecular weight excluding hydrogens is 480 g/mol. The molecule has 0 unspecified atom stereocenters. The Labute approximate surface area is 200 Å². The Balaban J connectivity index is 1.83. The number of nitrogens with zero attached hydrogens (tertiary/aromatic N) is 1. The Bertz CT molecular complexity index is 1130. The lowest BCUT2D eigenvalue weighted by atomic mass is 10.0. The summed E-state index contributed by atoms with van der Waals surface area (Å²) >= 11 is 0. The molecular formula is C23H30N2O7S2. The van der Waals surface area contributed by atoms with Gasteiger partial charge in [0.25, 0.3) is 0 Å². The third kappa shape index (κ3) is 6.86. The number of benzene rings is 2. The monoisotopic (exact) mass is 510 g/mol. The van der Waals surface area contributed by atoms with Crippen molar-refractivity contribution in [1.29, 1.82) is 0 Å². The smallest absolute Gasteiger partial charge is 0.216 e. The first-order chi connectivity index (χ1) is 15.8. The van der Waals surface area contributed by atoms with Crippen LogP contribution in [0.4, 0.5) is 0 Å². The van der Waals surface area contributed by atoms with Crippen molar-refractivity contribution in [1.82, 2.24) is 10.2 Å². The van der Waals surface area contributed by atoms with Gasteiger partial charge in [-0.25, -0.2) is 16.8 Å². The van der Waals surface area contributed by atoms with Crippen LogP contribution in [0, 0.1) is 0 Å². The maximum absolute atomic E-state index is 11.8. The second kappa shape index (κ2) is 10.5. The van der Waals surface area contributed by atoms with Crippen molar-refractivity contribution >= 4 is 25.6 Å². The highest BCUT2D eigenvalue weighted by Gasteiger charge is 2.39. The fourth-order valence-electron chi connectivity index (χ4n) is 3.86. The van der Waals surface area contributed by atoms with E-state index in [0.717, 1.165) is 23.6 Å². The minimum Gasteiger partial charge on any atom is -0.389 e. The van der Waals surface area contributed by atoms with Crippen LogP contribution in [0.2, 0.25) is 0 Å². The van der Waals surface area contributed by atoms with Crippen LogP contribution in [-0.2, 0) is 42.3 Å². The highest BCUT2D eigenvalue weighted by Crippen LogP contribution is 2.24. The first-order valence-electron chi connectivity index (χ1n) is 10.7. The molecule has 1 fully saturated rings. The van der Waals surface area contributed by atoms with Gasteiger partial charge in [0.15, 0.2) is 19.7 Å². The van der Waals surface area contributed by atoms with Crippen LogP contribution in [0.3, 0.4) is 0 Å². The summed E-state index contributed by atoms with van der Waals surface area (Å²) in [5.74, 6) is -0.215. The number of ether oxygens (including phenoxy) is 1. The zero-order valence-corrected chi connectivity index (χ0v) is 21.0. The number of nitrogens with one attached hydrogen (secondary N) is 1. The molecule has 0 aromatic heterocycles. The fourth-order valence-corrected chi connectivity index (χ4v) is 5.12. The highest BCUT2D eigenvalue weighted by molar-refractivity contribution is 7.91. The number of aliphatic hydroxyl groups is 1. The minimum absolute atomic E-state index is 0.187. The van der Waals surface area contributed by atoms with E-state index >= 15 is 0 Å². The van der Waals surface area contributed by atoms with Gasteiger partial charge in [0, 0.05) is 39.1 Å².